The molecule has 0 fully saturated rings. The van der Waals surface area contributed by atoms with Gasteiger partial charge in [0.25, 0.3) is 0 Å². The van der Waals surface area contributed by atoms with Crippen molar-refractivity contribution in [3.63, 3.8) is 0 Å². The Kier molecular flexibility index (Phi) is 6.34. The lowest BCUT2D eigenvalue weighted by atomic mass is 10.0. The molecule has 1 unspecified atom stereocenters. The second-order valence-electron chi connectivity index (χ2n) is 5.47. The first-order valence-electron chi connectivity index (χ1n) is 6.88. The van der Waals surface area contributed by atoms with Crippen LogP contribution in [0.25, 0.3) is 0 Å². The number of hydrogen-bond acceptors (Lipinski definition) is 3. The summed E-state index contributed by atoms with van der Waals surface area (Å²) in [6.45, 7) is 8.55. The highest BCUT2D eigenvalue weighted by atomic mass is 35.7. The van der Waals surface area contributed by atoms with Gasteiger partial charge in [-0.3, -0.25) is 0 Å². The zero-order valence-electron chi connectivity index (χ0n) is 12.5. The molecule has 1 rings (SSSR count). The Bertz CT molecular complexity index is 538. The van der Waals surface area contributed by atoms with Crippen molar-refractivity contribution in [1.82, 2.24) is 0 Å². The lowest BCUT2D eigenvalue weighted by Gasteiger charge is -2.17. The fourth-order valence-electron chi connectivity index (χ4n) is 1.90. The summed E-state index contributed by atoms with van der Waals surface area (Å²) in [4.78, 5) is 0. The topological polar surface area (TPSA) is 43.4 Å². The van der Waals surface area contributed by atoms with Gasteiger partial charge < -0.3 is 4.74 Å². The molecule has 0 aliphatic rings. The van der Waals surface area contributed by atoms with E-state index in [1.807, 2.05) is 26.0 Å². The lowest BCUT2D eigenvalue weighted by molar-refractivity contribution is 0.256. The van der Waals surface area contributed by atoms with Crippen molar-refractivity contribution < 1.29 is 13.2 Å². The smallest absolute Gasteiger partial charge is 0.232 e. The van der Waals surface area contributed by atoms with E-state index in [1.54, 1.807) is 0 Å². The minimum absolute atomic E-state index is 0.0476. The predicted octanol–water partition coefficient (Wildman–Crippen LogP) is 4.09. The molecule has 0 heterocycles. The summed E-state index contributed by atoms with van der Waals surface area (Å²) in [5.41, 5.74) is 2.27. The third-order valence-electron chi connectivity index (χ3n) is 3.37. The molecule has 0 saturated heterocycles. The summed E-state index contributed by atoms with van der Waals surface area (Å²) in [6.07, 6.45) is 0.717. The molecular formula is C15H23ClO3S. The van der Waals surface area contributed by atoms with Crippen LogP contribution in [0.15, 0.2) is 18.2 Å². The monoisotopic (exact) mass is 318 g/mol. The van der Waals surface area contributed by atoms with Gasteiger partial charge in [0.15, 0.2) is 0 Å². The van der Waals surface area contributed by atoms with E-state index in [0.29, 0.717) is 12.5 Å². The van der Waals surface area contributed by atoms with Crippen LogP contribution >= 0.6 is 10.7 Å². The van der Waals surface area contributed by atoms with Gasteiger partial charge >= 0.3 is 0 Å². The number of rotatable bonds is 7. The van der Waals surface area contributed by atoms with Crippen molar-refractivity contribution in [2.24, 2.45) is 5.92 Å². The van der Waals surface area contributed by atoms with Crippen LogP contribution in [-0.4, -0.2) is 20.8 Å². The van der Waals surface area contributed by atoms with Gasteiger partial charge in [0.1, 0.15) is 5.75 Å². The molecule has 0 aliphatic heterocycles. The molecular weight excluding hydrogens is 296 g/mol. The first kappa shape index (κ1) is 17.3. The van der Waals surface area contributed by atoms with E-state index >= 15 is 0 Å². The lowest BCUT2D eigenvalue weighted by Crippen LogP contribution is -2.19. The minimum Gasteiger partial charge on any atom is -0.493 e. The fraction of sp³-hybridized carbons (Fsp3) is 0.600. The first-order chi connectivity index (χ1) is 9.23. The molecule has 1 atom stereocenters. The maximum absolute atomic E-state index is 11.1. The van der Waals surface area contributed by atoms with Gasteiger partial charge in [0.2, 0.25) is 9.05 Å². The van der Waals surface area contributed by atoms with Crippen LogP contribution in [-0.2, 0) is 9.05 Å². The van der Waals surface area contributed by atoms with Crippen molar-refractivity contribution in [3.05, 3.63) is 29.3 Å². The summed E-state index contributed by atoms with van der Waals surface area (Å²) >= 11 is 0. The number of hydrogen-bond donors (Lipinski definition) is 0. The maximum atomic E-state index is 11.1. The van der Waals surface area contributed by atoms with Crippen LogP contribution in [0, 0.1) is 12.8 Å². The van der Waals surface area contributed by atoms with Crippen LogP contribution in [0.5, 0.6) is 5.75 Å². The molecule has 0 aromatic heterocycles. The highest BCUT2D eigenvalue weighted by Gasteiger charge is 2.17. The Hall–Kier alpha value is -0.740. The Morgan fingerprint density at radius 2 is 1.95 bits per heavy atom. The number of ether oxygens (including phenoxy) is 1. The molecule has 114 valence electrons. The standard InChI is InChI=1S/C15H23ClO3S/c1-5-13(10-20(16,17)18)9-19-15-8-14(11(2)3)7-6-12(15)4/h6-8,11,13H,5,9-10H2,1-4H3. The molecule has 1 aromatic carbocycles. The molecule has 3 nitrogen and oxygen atoms in total. The van der Waals surface area contributed by atoms with E-state index in [4.69, 9.17) is 15.4 Å². The summed E-state index contributed by atoms with van der Waals surface area (Å²) < 4.78 is 28.1. The minimum atomic E-state index is -3.48. The van der Waals surface area contributed by atoms with Gasteiger partial charge in [0, 0.05) is 16.6 Å². The molecule has 0 amide bonds. The van der Waals surface area contributed by atoms with Crippen molar-refractivity contribution in [3.8, 4) is 5.75 Å². The van der Waals surface area contributed by atoms with Crippen molar-refractivity contribution in [2.75, 3.05) is 12.4 Å². The first-order valence-corrected chi connectivity index (χ1v) is 9.36. The Labute approximate surface area is 126 Å². The molecule has 0 radical (unpaired) electrons. The molecule has 0 saturated carbocycles. The highest BCUT2D eigenvalue weighted by Crippen LogP contribution is 2.25. The molecule has 0 N–H and O–H groups in total. The van der Waals surface area contributed by atoms with Crippen molar-refractivity contribution in [2.45, 2.75) is 40.0 Å². The van der Waals surface area contributed by atoms with Gasteiger partial charge in [-0.15, -0.1) is 0 Å². The molecule has 0 spiro atoms. The second kappa shape index (κ2) is 7.32. The van der Waals surface area contributed by atoms with Gasteiger partial charge in [-0.2, -0.15) is 0 Å². The van der Waals surface area contributed by atoms with Crippen molar-refractivity contribution in [1.29, 1.82) is 0 Å². The van der Waals surface area contributed by atoms with Crippen LogP contribution in [0.1, 0.15) is 44.2 Å². The zero-order chi connectivity index (χ0) is 15.3. The second-order valence-corrected chi connectivity index (χ2v) is 8.29. The van der Waals surface area contributed by atoms with Crippen LogP contribution < -0.4 is 4.74 Å². The van der Waals surface area contributed by atoms with Crippen molar-refractivity contribution >= 4 is 19.7 Å². The van der Waals surface area contributed by atoms with Gasteiger partial charge in [-0.25, -0.2) is 8.42 Å². The third kappa shape index (κ3) is 5.71. The average molecular weight is 319 g/mol. The third-order valence-corrected chi connectivity index (χ3v) is 4.61. The van der Waals surface area contributed by atoms with E-state index in [2.05, 4.69) is 19.9 Å². The molecule has 1 aromatic rings. The van der Waals surface area contributed by atoms with Crippen LogP contribution in [0.3, 0.4) is 0 Å². The Morgan fingerprint density at radius 1 is 1.30 bits per heavy atom. The Balaban J connectivity index is 2.75. The maximum Gasteiger partial charge on any atom is 0.232 e. The summed E-state index contributed by atoms with van der Waals surface area (Å²) in [7, 11) is 1.82. The quantitative estimate of drug-likeness (QED) is 0.711. The van der Waals surface area contributed by atoms with Gasteiger partial charge in [-0.05, 0) is 36.5 Å². The number of halogens is 1. The van der Waals surface area contributed by atoms with E-state index < -0.39 is 9.05 Å². The van der Waals surface area contributed by atoms with Gasteiger partial charge in [-0.1, -0.05) is 32.9 Å². The molecule has 20 heavy (non-hydrogen) atoms. The van der Waals surface area contributed by atoms with E-state index in [0.717, 1.165) is 17.7 Å². The average Bonchev–Trinajstić information content (AvgIpc) is 2.34. The van der Waals surface area contributed by atoms with E-state index in [9.17, 15) is 8.42 Å². The molecule has 0 aliphatic carbocycles. The van der Waals surface area contributed by atoms with E-state index in [1.165, 1.54) is 5.56 Å². The summed E-state index contributed by atoms with van der Waals surface area (Å²) in [5.74, 6) is 1.12. The number of aryl methyl sites for hydroxylation is 1. The van der Waals surface area contributed by atoms with Gasteiger partial charge in [0.05, 0.1) is 12.4 Å². The predicted molar refractivity (Wildman–Crippen MR) is 84.2 cm³/mol. The van der Waals surface area contributed by atoms with Crippen LogP contribution in [0.4, 0.5) is 0 Å². The van der Waals surface area contributed by atoms with Crippen LogP contribution in [0.2, 0.25) is 0 Å². The summed E-state index contributed by atoms with van der Waals surface area (Å²) in [5, 5.41) is 0. The van der Waals surface area contributed by atoms with E-state index in [-0.39, 0.29) is 11.7 Å². The zero-order valence-corrected chi connectivity index (χ0v) is 14.1. The Morgan fingerprint density at radius 3 is 2.45 bits per heavy atom. The number of benzene rings is 1. The normalized spacial score (nSPS) is 13.5. The fourth-order valence-corrected chi connectivity index (χ4v) is 3.33. The summed E-state index contributed by atoms with van der Waals surface area (Å²) in [6, 6.07) is 6.15. The molecule has 5 heteroatoms. The largest absolute Gasteiger partial charge is 0.493 e. The SMILES string of the molecule is CCC(COc1cc(C(C)C)ccc1C)CS(=O)(=O)Cl. The molecule has 0 bridgehead atoms. The highest BCUT2D eigenvalue weighted by molar-refractivity contribution is 8.13.